The van der Waals surface area contributed by atoms with Gasteiger partial charge in [0.15, 0.2) is 0 Å². The lowest BCUT2D eigenvalue weighted by molar-refractivity contribution is 0.0750. The van der Waals surface area contributed by atoms with Gasteiger partial charge in [-0.15, -0.1) is 0 Å². The molecule has 7 heteroatoms. The van der Waals surface area contributed by atoms with Gasteiger partial charge in [-0.25, -0.2) is 4.98 Å². The third-order valence-electron chi connectivity index (χ3n) is 8.80. The van der Waals surface area contributed by atoms with E-state index in [1.54, 1.807) is 6.20 Å². The fourth-order valence-corrected chi connectivity index (χ4v) is 6.77. The van der Waals surface area contributed by atoms with E-state index in [-0.39, 0.29) is 0 Å². The molecule has 4 atom stereocenters. The first-order valence-electron chi connectivity index (χ1n) is 13.9. The van der Waals surface area contributed by atoms with Crippen molar-refractivity contribution in [3.63, 3.8) is 0 Å². The van der Waals surface area contributed by atoms with Crippen LogP contribution in [0.25, 0.3) is 0 Å². The lowest BCUT2D eigenvalue weighted by Gasteiger charge is -2.48. The summed E-state index contributed by atoms with van der Waals surface area (Å²) in [6.45, 7) is 3.63. The van der Waals surface area contributed by atoms with E-state index in [9.17, 15) is 5.26 Å². The third kappa shape index (κ3) is 5.99. The molecular weight excluding hydrogens is 446 g/mol. The Kier molecular flexibility index (Phi) is 8.03. The SMILES string of the molecule is Cc1ccccc1CNc1ncc(C#N)c(NCC2C[C@H]3CCC[C@@H](C2)[C@@H]3N[C@H]2CC[C@@H](N)CC2)n1. The molecule has 3 fully saturated rings. The van der Waals surface area contributed by atoms with Gasteiger partial charge in [-0.1, -0.05) is 30.7 Å². The molecule has 2 bridgehead atoms. The summed E-state index contributed by atoms with van der Waals surface area (Å²) in [5.74, 6) is 3.32. The minimum Gasteiger partial charge on any atom is -0.369 e. The van der Waals surface area contributed by atoms with Crippen molar-refractivity contribution in [2.24, 2.45) is 23.5 Å². The molecule has 0 aliphatic heterocycles. The number of fused-ring (bicyclic) bond motifs is 2. The Balaban J connectivity index is 1.18. The molecule has 7 nitrogen and oxygen atoms in total. The molecule has 5 rings (SSSR count). The molecule has 1 aromatic heterocycles. The van der Waals surface area contributed by atoms with Crippen molar-refractivity contribution in [2.75, 3.05) is 17.2 Å². The number of nitrogens with zero attached hydrogens (tertiary/aromatic N) is 3. The maximum Gasteiger partial charge on any atom is 0.224 e. The van der Waals surface area contributed by atoms with Crippen LogP contribution in [-0.4, -0.2) is 34.6 Å². The summed E-state index contributed by atoms with van der Waals surface area (Å²) >= 11 is 0. The minimum atomic E-state index is 0.405. The lowest BCUT2D eigenvalue weighted by Crippen LogP contribution is -2.54. The number of aryl methyl sites for hydroxylation is 1. The van der Waals surface area contributed by atoms with Crippen LogP contribution in [0.1, 0.15) is 74.5 Å². The van der Waals surface area contributed by atoms with Gasteiger partial charge in [0.1, 0.15) is 17.5 Å². The predicted molar refractivity (Wildman–Crippen MR) is 144 cm³/mol. The molecule has 1 unspecified atom stereocenters. The number of nitrogens with two attached hydrogens (primary N) is 1. The molecule has 192 valence electrons. The van der Waals surface area contributed by atoms with Gasteiger partial charge < -0.3 is 21.7 Å². The predicted octanol–water partition coefficient (Wildman–Crippen LogP) is 4.74. The molecule has 2 aromatic rings. The van der Waals surface area contributed by atoms with Gasteiger partial charge in [0.05, 0.1) is 6.20 Å². The third-order valence-corrected chi connectivity index (χ3v) is 8.80. The maximum absolute atomic E-state index is 9.62. The summed E-state index contributed by atoms with van der Waals surface area (Å²) in [7, 11) is 0. The number of benzene rings is 1. The summed E-state index contributed by atoms with van der Waals surface area (Å²) in [5, 5.41) is 20.6. The van der Waals surface area contributed by atoms with Gasteiger partial charge in [0.2, 0.25) is 5.95 Å². The second-order valence-electron chi connectivity index (χ2n) is 11.3. The zero-order valence-electron chi connectivity index (χ0n) is 21.5. The molecule has 1 aromatic carbocycles. The van der Waals surface area contributed by atoms with Crippen LogP contribution in [0, 0.1) is 36.0 Å². The highest BCUT2D eigenvalue weighted by atomic mass is 15.1. The molecule has 0 spiro atoms. The standard InChI is InChI=1S/C29H41N7/c1-19-5-2-3-6-23(19)17-33-29-34-18-24(15-30)28(36-29)32-16-20-13-21-7-4-8-22(14-20)27(21)35-26-11-9-25(31)10-12-26/h2-3,5-6,18,20-22,25-27,35H,4,7-14,16-17,31H2,1H3,(H2,32,33,34,36)/t20?,21-,22+,25-,26+,27-. The number of hydrogen-bond acceptors (Lipinski definition) is 7. The first-order chi connectivity index (χ1) is 17.6. The van der Waals surface area contributed by atoms with Crippen LogP contribution in [0.5, 0.6) is 0 Å². The molecule has 3 saturated carbocycles. The van der Waals surface area contributed by atoms with E-state index in [4.69, 9.17) is 5.73 Å². The van der Waals surface area contributed by atoms with Crippen molar-refractivity contribution in [2.45, 2.75) is 89.4 Å². The summed E-state index contributed by atoms with van der Waals surface area (Å²) in [6.07, 6.45) is 12.9. The van der Waals surface area contributed by atoms with Crippen LogP contribution in [-0.2, 0) is 6.54 Å². The molecular formula is C29H41N7. The topological polar surface area (TPSA) is 112 Å². The molecule has 3 aliphatic carbocycles. The monoisotopic (exact) mass is 487 g/mol. The van der Waals surface area contributed by atoms with E-state index in [1.165, 1.54) is 56.1 Å². The van der Waals surface area contributed by atoms with Gasteiger partial charge in [-0.2, -0.15) is 10.2 Å². The first-order valence-corrected chi connectivity index (χ1v) is 13.9. The number of rotatable bonds is 8. The largest absolute Gasteiger partial charge is 0.369 e. The number of aromatic nitrogens is 2. The van der Waals surface area contributed by atoms with Crippen LogP contribution >= 0.6 is 0 Å². The number of nitriles is 1. The Morgan fingerprint density at radius 2 is 1.78 bits per heavy atom. The molecule has 3 aliphatic rings. The van der Waals surface area contributed by atoms with Crippen molar-refractivity contribution < 1.29 is 0 Å². The van der Waals surface area contributed by atoms with Crippen LogP contribution < -0.4 is 21.7 Å². The molecule has 0 radical (unpaired) electrons. The van der Waals surface area contributed by atoms with Crippen LogP contribution in [0.4, 0.5) is 11.8 Å². The maximum atomic E-state index is 9.62. The highest BCUT2D eigenvalue weighted by Crippen LogP contribution is 2.43. The van der Waals surface area contributed by atoms with Crippen LogP contribution in [0.3, 0.4) is 0 Å². The molecule has 5 N–H and O–H groups in total. The van der Waals surface area contributed by atoms with Crippen molar-refractivity contribution in [3.05, 3.63) is 47.2 Å². The summed E-state index contributed by atoms with van der Waals surface area (Å²) in [4.78, 5) is 9.03. The van der Waals surface area contributed by atoms with Crippen molar-refractivity contribution >= 4 is 11.8 Å². The zero-order valence-corrected chi connectivity index (χ0v) is 21.5. The van der Waals surface area contributed by atoms with Crippen LogP contribution in [0.15, 0.2) is 30.5 Å². The highest BCUT2D eigenvalue weighted by molar-refractivity contribution is 5.53. The molecule has 36 heavy (non-hydrogen) atoms. The van der Waals surface area contributed by atoms with Gasteiger partial charge in [0, 0.05) is 31.2 Å². The zero-order chi connectivity index (χ0) is 24.9. The molecule has 1 heterocycles. The number of anilines is 2. The average molecular weight is 488 g/mol. The second-order valence-corrected chi connectivity index (χ2v) is 11.3. The fraction of sp³-hybridized carbons (Fsp3) is 0.621. The van der Waals surface area contributed by atoms with E-state index < -0.39 is 0 Å². The first kappa shape index (κ1) is 25.0. The van der Waals surface area contributed by atoms with E-state index >= 15 is 0 Å². The van der Waals surface area contributed by atoms with Gasteiger partial charge >= 0.3 is 0 Å². The Labute approximate surface area is 215 Å². The van der Waals surface area contributed by atoms with E-state index in [0.29, 0.717) is 47.9 Å². The van der Waals surface area contributed by atoms with Gasteiger partial charge in [0.25, 0.3) is 0 Å². The summed E-state index contributed by atoms with van der Waals surface area (Å²) in [5.41, 5.74) is 9.09. The Morgan fingerprint density at radius 1 is 1.03 bits per heavy atom. The van der Waals surface area contributed by atoms with Crippen molar-refractivity contribution in [3.8, 4) is 6.07 Å². The average Bonchev–Trinajstić information content (AvgIpc) is 2.88. The fourth-order valence-electron chi connectivity index (χ4n) is 6.77. The molecule has 0 amide bonds. The van der Waals surface area contributed by atoms with E-state index in [0.717, 1.165) is 31.2 Å². The van der Waals surface area contributed by atoms with E-state index in [2.05, 4.69) is 51.0 Å². The van der Waals surface area contributed by atoms with Crippen molar-refractivity contribution in [1.82, 2.24) is 15.3 Å². The molecule has 0 saturated heterocycles. The number of hydrogen-bond donors (Lipinski definition) is 4. The lowest BCUT2D eigenvalue weighted by atomic mass is 9.64. The van der Waals surface area contributed by atoms with Crippen LogP contribution in [0.2, 0.25) is 0 Å². The Hall–Kier alpha value is -2.69. The summed E-state index contributed by atoms with van der Waals surface area (Å²) < 4.78 is 0. The second kappa shape index (κ2) is 11.6. The highest BCUT2D eigenvalue weighted by Gasteiger charge is 2.41. The van der Waals surface area contributed by atoms with Crippen molar-refractivity contribution in [1.29, 1.82) is 5.26 Å². The quantitative estimate of drug-likeness (QED) is 0.426. The summed E-state index contributed by atoms with van der Waals surface area (Å²) in [6, 6.07) is 12.3. The normalized spacial score (nSPS) is 29.8. The van der Waals surface area contributed by atoms with Gasteiger partial charge in [-0.05, 0) is 87.2 Å². The Bertz CT molecular complexity index is 1040. The van der Waals surface area contributed by atoms with E-state index in [1.807, 2.05) is 12.1 Å². The Morgan fingerprint density at radius 3 is 2.50 bits per heavy atom. The van der Waals surface area contributed by atoms with Gasteiger partial charge in [-0.3, -0.25) is 0 Å². The number of nitrogens with one attached hydrogen (secondary N) is 3. The smallest absolute Gasteiger partial charge is 0.224 e. The minimum absolute atomic E-state index is 0.405.